The van der Waals surface area contributed by atoms with E-state index < -0.39 is 0 Å². The first-order valence-corrected chi connectivity index (χ1v) is 5.49. The highest BCUT2D eigenvalue weighted by Gasteiger charge is 2.25. The lowest BCUT2D eigenvalue weighted by Crippen LogP contribution is -2.08. The predicted molar refractivity (Wildman–Crippen MR) is 57.1 cm³/mol. The van der Waals surface area contributed by atoms with Crippen LogP contribution in [-0.2, 0) is 4.79 Å². The van der Waals surface area contributed by atoms with Crippen LogP contribution in [0, 0.1) is 5.92 Å². The van der Waals surface area contributed by atoms with E-state index in [1.807, 2.05) is 12.1 Å². The van der Waals surface area contributed by atoms with Gasteiger partial charge in [0.1, 0.15) is 5.75 Å². The lowest BCUT2D eigenvalue weighted by Gasteiger charge is -2.03. The molecule has 1 aliphatic rings. The van der Waals surface area contributed by atoms with Gasteiger partial charge in [0.25, 0.3) is 0 Å². The van der Waals surface area contributed by atoms with E-state index in [0.29, 0.717) is 18.1 Å². The highest BCUT2D eigenvalue weighted by Crippen LogP contribution is 2.32. The van der Waals surface area contributed by atoms with Gasteiger partial charge in [-0.05, 0) is 37.0 Å². The molecule has 3 heteroatoms. The minimum Gasteiger partial charge on any atom is -0.426 e. The second-order valence-corrected chi connectivity index (χ2v) is 4.49. The molecule has 1 aliphatic carbocycles. The molecular formula is C11H11BrO2. The summed E-state index contributed by atoms with van der Waals surface area (Å²) in [6.45, 7) is 0. The van der Waals surface area contributed by atoms with Crippen molar-refractivity contribution in [3.05, 3.63) is 28.7 Å². The van der Waals surface area contributed by atoms with E-state index in [1.165, 1.54) is 12.8 Å². The molecule has 0 spiro atoms. The summed E-state index contributed by atoms with van der Waals surface area (Å²) in [5.74, 6) is 1.07. The number of carbonyl (C=O) groups is 1. The molecule has 1 fully saturated rings. The molecule has 0 atom stereocenters. The maximum absolute atomic E-state index is 11.3. The maximum Gasteiger partial charge on any atom is 0.311 e. The van der Waals surface area contributed by atoms with E-state index in [4.69, 9.17) is 4.74 Å². The van der Waals surface area contributed by atoms with Crippen LogP contribution in [0.1, 0.15) is 19.3 Å². The van der Waals surface area contributed by atoms with Gasteiger partial charge in [0, 0.05) is 10.9 Å². The summed E-state index contributed by atoms with van der Waals surface area (Å²) in [6.07, 6.45) is 2.91. The average molecular weight is 255 g/mol. The fourth-order valence-corrected chi connectivity index (χ4v) is 1.64. The molecule has 14 heavy (non-hydrogen) atoms. The minimum absolute atomic E-state index is 0.120. The van der Waals surface area contributed by atoms with E-state index in [9.17, 15) is 4.79 Å². The molecular weight excluding hydrogens is 244 g/mol. The van der Waals surface area contributed by atoms with Crippen LogP contribution < -0.4 is 4.74 Å². The lowest BCUT2D eigenvalue weighted by atomic mass is 10.3. The number of esters is 1. The van der Waals surface area contributed by atoms with Crippen molar-refractivity contribution in [3.8, 4) is 5.75 Å². The van der Waals surface area contributed by atoms with Crippen LogP contribution in [0.4, 0.5) is 0 Å². The minimum atomic E-state index is -0.120. The molecule has 2 rings (SSSR count). The van der Waals surface area contributed by atoms with Gasteiger partial charge in [-0.25, -0.2) is 0 Å². The number of benzene rings is 1. The second-order valence-electron chi connectivity index (χ2n) is 3.58. The van der Waals surface area contributed by atoms with Crippen LogP contribution in [0.15, 0.2) is 28.7 Å². The lowest BCUT2D eigenvalue weighted by molar-refractivity contribution is -0.134. The zero-order chi connectivity index (χ0) is 9.97. The van der Waals surface area contributed by atoms with Crippen molar-refractivity contribution in [3.63, 3.8) is 0 Å². The molecule has 0 N–H and O–H groups in total. The Kier molecular flexibility index (Phi) is 2.87. The van der Waals surface area contributed by atoms with Gasteiger partial charge in [-0.2, -0.15) is 0 Å². The Hall–Kier alpha value is -0.830. The van der Waals surface area contributed by atoms with Gasteiger partial charge in [0.15, 0.2) is 0 Å². The van der Waals surface area contributed by atoms with E-state index in [-0.39, 0.29) is 5.97 Å². The van der Waals surface area contributed by atoms with Crippen LogP contribution in [-0.4, -0.2) is 5.97 Å². The molecule has 0 unspecified atom stereocenters. The largest absolute Gasteiger partial charge is 0.426 e. The Morgan fingerprint density at radius 2 is 2.29 bits per heavy atom. The van der Waals surface area contributed by atoms with Crippen molar-refractivity contribution >= 4 is 21.9 Å². The molecule has 2 nitrogen and oxygen atoms in total. The van der Waals surface area contributed by atoms with Crippen molar-refractivity contribution in [1.82, 2.24) is 0 Å². The van der Waals surface area contributed by atoms with Crippen molar-refractivity contribution in [1.29, 1.82) is 0 Å². The quantitative estimate of drug-likeness (QED) is 0.612. The van der Waals surface area contributed by atoms with Gasteiger partial charge < -0.3 is 4.74 Å². The monoisotopic (exact) mass is 254 g/mol. The fourth-order valence-electron chi connectivity index (χ4n) is 1.26. The zero-order valence-electron chi connectivity index (χ0n) is 7.70. The molecule has 0 saturated heterocycles. The first kappa shape index (κ1) is 9.71. The summed E-state index contributed by atoms with van der Waals surface area (Å²) in [5, 5.41) is 0. The van der Waals surface area contributed by atoms with Gasteiger partial charge in [-0.3, -0.25) is 4.79 Å². The van der Waals surface area contributed by atoms with Crippen LogP contribution in [0.3, 0.4) is 0 Å². The summed E-state index contributed by atoms with van der Waals surface area (Å²) in [4.78, 5) is 11.3. The Balaban J connectivity index is 1.92. The third-order valence-corrected chi connectivity index (χ3v) is 2.67. The van der Waals surface area contributed by atoms with E-state index in [0.717, 1.165) is 4.47 Å². The summed E-state index contributed by atoms with van der Waals surface area (Å²) >= 11 is 3.32. The molecule has 0 radical (unpaired) electrons. The van der Waals surface area contributed by atoms with Crippen molar-refractivity contribution in [2.24, 2.45) is 5.92 Å². The molecule has 1 saturated carbocycles. The van der Waals surface area contributed by atoms with Crippen molar-refractivity contribution < 1.29 is 9.53 Å². The number of hydrogen-bond acceptors (Lipinski definition) is 2. The second kappa shape index (κ2) is 4.13. The summed E-state index contributed by atoms with van der Waals surface area (Å²) in [7, 11) is 0. The Morgan fingerprint density at radius 1 is 1.50 bits per heavy atom. The molecule has 0 heterocycles. The summed E-state index contributed by atoms with van der Waals surface area (Å²) in [6, 6.07) is 7.34. The van der Waals surface area contributed by atoms with Gasteiger partial charge in [-0.1, -0.05) is 22.0 Å². The van der Waals surface area contributed by atoms with Crippen LogP contribution in [0.2, 0.25) is 0 Å². The van der Waals surface area contributed by atoms with Crippen LogP contribution >= 0.6 is 15.9 Å². The molecule has 1 aromatic carbocycles. The molecule has 0 amide bonds. The van der Waals surface area contributed by atoms with E-state index >= 15 is 0 Å². The number of rotatable bonds is 3. The zero-order valence-corrected chi connectivity index (χ0v) is 9.29. The van der Waals surface area contributed by atoms with Gasteiger partial charge in [-0.15, -0.1) is 0 Å². The molecule has 0 bridgehead atoms. The Labute approximate surface area is 91.4 Å². The molecule has 1 aromatic rings. The van der Waals surface area contributed by atoms with E-state index in [1.54, 1.807) is 12.1 Å². The van der Waals surface area contributed by atoms with Gasteiger partial charge >= 0.3 is 5.97 Å². The van der Waals surface area contributed by atoms with Crippen LogP contribution in [0.5, 0.6) is 5.75 Å². The maximum atomic E-state index is 11.3. The first-order chi connectivity index (χ1) is 6.74. The normalized spacial score (nSPS) is 15.2. The third kappa shape index (κ3) is 2.84. The molecule has 0 aliphatic heterocycles. The summed E-state index contributed by atoms with van der Waals surface area (Å²) < 4.78 is 6.10. The highest BCUT2D eigenvalue weighted by molar-refractivity contribution is 9.10. The Bertz CT molecular complexity index is 345. The van der Waals surface area contributed by atoms with Crippen molar-refractivity contribution in [2.45, 2.75) is 19.3 Å². The van der Waals surface area contributed by atoms with Gasteiger partial charge in [0.2, 0.25) is 0 Å². The number of halogens is 1. The average Bonchev–Trinajstić information content (AvgIpc) is 2.87. The smallest absolute Gasteiger partial charge is 0.311 e. The Morgan fingerprint density at radius 3 is 2.93 bits per heavy atom. The first-order valence-electron chi connectivity index (χ1n) is 4.70. The van der Waals surface area contributed by atoms with Crippen molar-refractivity contribution in [2.75, 3.05) is 0 Å². The standard InChI is InChI=1S/C11H11BrO2/c12-9-2-1-3-10(7-9)14-11(13)6-8-4-5-8/h1-3,7-8H,4-6H2. The van der Waals surface area contributed by atoms with E-state index in [2.05, 4.69) is 15.9 Å². The number of ether oxygens (including phenoxy) is 1. The fraction of sp³-hybridized carbons (Fsp3) is 0.364. The molecule has 74 valence electrons. The third-order valence-electron chi connectivity index (χ3n) is 2.18. The highest BCUT2D eigenvalue weighted by atomic mass is 79.9. The number of carbonyl (C=O) groups excluding carboxylic acids is 1. The summed E-state index contributed by atoms with van der Waals surface area (Å²) in [5.41, 5.74) is 0. The SMILES string of the molecule is O=C(CC1CC1)Oc1cccc(Br)c1. The topological polar surface area (TPSA) is 26.3 Å². The van der Waals surface area contributed by atoms with Gasteiger partial charge in [0.05, 0.1) is 0 Å². The predicted octanol–water partition coefficient (Wildman–Crippen LogP) is 3.15. The molecule has 0 aromatic heterocycles. The number of hydrogen-bond donors (Lipinski definition) is 0. The van der Waals surface area contributed by atoms with Crippen LogP contribution in [0.25, 0.3) is 0 Å².